The van der Waals surface area contributed by atoms with Crippen molar-refractivity contribution in [2.24, 2.45) is 5.41 Å². The van der Waals surface area contributed by atoms with Crippen LogP contribution in [-0.2, 0) is 0 Å². The van der Waals surface area contributed by atoms with E-state index in [0.717, 1.165) is 38.2 Å². The third-order valence-electron chi connectivity index (χ3n) is 3.99. The zero-order valence-electron chi connectivity index (χ0n) is 10.3. The number of aliphatic hydroxyl groups excluding tert-OH is 1. The second-order valence-corrected chi connectivity index (χ2v) is 5.41. The number of halogens is 3. The topological polar surface area (TPSA) is 20.2 Å². The van der Waals surface area contributed by atoms with Crippen molar-refractivity contribution in [2.75, 3.05) is 0 Å². The monoisotopic (exact) mass is 258 g/mol. The molecule has 0 aliphatic heterocycles. The van der Waals surface area contributed by atoms with Crippen LogP contribution in [0.1, 0.15) is 50.7 Å². The van der Waals surface area contributed by atoms with Crippen LogP contribution in [0.3, 0.4) is 0 Å². The molecule has 1 atom stereocenters. The molecule has 18 heavy (non-hydrogen) atoms. The van der Waals surface area contributed by atoms with Crippen molar-refractivity contribution in [3.63, 3.8) is 0 Å². The first-order valence-corrected chi connectivity index (χ1v) is 6.26. The summed E-state index contributed by atoms with van der Waals surface area (Å²) in [5.41, 5.74) is -0.595. The van der Waals surface area contributed by atoms with Gasteiger partial charge in [-0.3, -0.25) is 0 Å². The van der Waals surface area contributed by atoms with Gasteiger partial charge in [-0.2, -0.15) is 0 Å². The maximum absolute atomic E-state index is 13.6. The minimum Gasteiger partial charge on any atom is -0.388 e. The Morgan fingerprint density at radius 1 is 1.00 bits per heavy atom. The lowest BCUT2D eigenvalue weighted by Crippen LogP contribution is -2.29. The van der Waals surface area contributed by atoms with E-state index in [-0.39, 0.29) is 5.56 Å². The molecular weight excluding hydrogens is 241 g/mol. The van der Waals surface area contributed by atoms with Crippen molar-refractivity contribution in [3.05, 3.63) is 35.1 Å². The number of rotatable bonds is 2. The van der Waals surface area contributed by atoms with Crippen LogP contribution in [0.4, 0.5) is 13.2 Å². The van der Waals surface area contributed by atoms with Gasteiger partial charge in [-0.15, -0.1) is 0 Å². The summed E-state index contributed by atoms with van der Waals surface area (Å²) < 4.78 is 39.7. The van der Waals surface area contributed by atoms with Crippen molar-refractivity contribution in [1.82, 2.24) is 0 Å². The molecule has 1 aliphatic rings. The van der Waals surface area contributed by atoms with Gasteiger partial charge in [0.15, 0.2) is 11.6 Å². The van der Waals surface area contributed by atoms with E-state index >= 15 is 0 Å². The Balaban J connectivity index is 2.33. The summed E-state index contributed by atoms with van der Waals surface area (Å²) in [6, 6.07) is 1.27. The van der Waals surface area contributed by atoms with E-state index in [2.05, 4.69) is 0 Å². The quantitative estimate of drug-likeness (QED) is 0.791. The summed E-state index contributed by atoms with van der Waals surface area (Å²) in [6.07, 6.45) is 3.49. The molecule has 1 unspecified atom stereocenters. The third kappa shape index (κ3) is 2.39. The smallest absolute Gasteiger partial charge is 0.161 e. The molecule has 100 valence electrons. The average Bonchev–Trinajstić information content (AvgIpc) is 2.34. The lowest BCUT2D eigenvalue weighted by molar-refractivity contribution is 0.00554. The normalized spacial score (nSPS) is 20.7. The molecule has 1 aliphatic carbocycles. The Bertz CT molecular complexity index is 439. The molecule has 2 rings (SSSR count). The summed E-state index contributed by atoms with van der Waals surface area (Å²) in [7, 11) is 0. The maximum atomic E-state index is 13.6. The van der Waals surface area contributed by atoms with Crippen LogP contribution in [0.5, 0.6) is 0 Å². The fraction of sp³-hybridized carbons (Fsp3) is 0.571. The molecule has 0 bridgehead atoms. The highest BCUT2D eigenvalue weighted by molar-refractivity contribution is 5.24. The van der Waals surface area contributed by atoms with E-state index in [0.29, 0.717) is 6.07 Å². The first kappa shape index (κ1) is 13.4. The number of hydrogen-bond donors (Lipinski definition) is 1. The van der Waals surface area contributed by atoms with E-state index < -0.39 is 29.0 Å². The highest BCUT2D eigenvalue weighted by Crippen LogP contribution is 2.46. The van der Waals surface area contributed by atoms with Crippen LogP contribution in [0.2, 0.25) is 0 Å². The summed E-state index contributed by atoms with van der Waals surface area (Å²) in [5, 5.41) is 10.3. The SMILES string of the molecule is CC1(C(O)c2cc(F)c(F)cc2F)CCCCC1. The lowest BCUT2D eigenvalue weighted by Gasteiger charge is -2.38. The van der Waals surface area contributed by atoms with Crippen molar-refractivity contribution in [2.45, 2.75) is 45.1 Å². The Kier molecular flexibility index (Phi) is 3.66. The molecule has 1 aromatic rings. The Hall–Kier alpha value is -1.03. The van der Waals surface area contributed by atoms with Crippen LogP contribution < -0.4 is 0 Å². The van der Waals surface area contributed by atoms with E-state index in [1.54, 1.807) is 0 Å². The molecule has 4 heteroatoms. The van der Waals surface area contributed by atoms with Crippen molar-refractivity contribution in [1.29, 1.82) is 0 Å². The Morgan fingerprint density at radius 3 is 2.17 bits per heavy atom. The minimum absolute atomic E-state index is 0.140. The van der Waals surface area contributed by atoms with E-state index in [1.807, 2.05) is 6.92 Å². The lowest BCUT2D eigenvalue weighted by atomic mass is 9.70. The van der Waals surface area contributed by atoms with Gasteiger partial charge in [0, 0.05) is 11.6 Å². The van der Waals surface area contributed by atoms with Crippen molar-refractivity contribution in [3.8, 4) is 0 Å². The fourth-order valence-corrected chi connectivity index (χ4v) is 2.76. The van der Waals surface area contributed by atoms with E-state index in [1.165, 1.54) is 0 Å². The highest BCUT2D eigenvalue weighted by Gasteiger charge is 2.37. The summed E-state index contributed by atoms with van der Waals surface area (Å²) >= 11 is 0. The van der Waals surface area contributed by atoms with Crippen molar-refractivity contribution < 1.29 is 18.3 Å². The van der Waals surface area contributed by atoms with Gasteiger partial charge in [0.1, 0.15) is 5.82 Å². The van der Waals surface area contributed by atoms with Gasteiger partial charge in [-0.1, -0.05) is 26.2 Å². The first-order chi connectivity index (χ1) is 8.44. The molecule has 0 spiro atoms. The predicted molar refractivity (Wildman–Crippen MR) is 62.5 cm³/mol. The fourth-order valence-electron chi connectivity index (χ4n) is 2.76. The molecule has 1 aromatic carbocycles. The second-order valence-electron chi connectivity index (χ2n) is 5.41. The predicted octanol–water partition coefficient (Wildman–Crippen LogP) is 4.11. The van der Waals surface area contributed by atoms with Gasteiger partial charge in [0.25, 0.3) is 0 Å². The molecule has 0 heterocycles. The highest BCUT2D eigenvalue weighted by atomic mass is 19.2. The number of benzene rings is 1. The van der Waals surface area contributed by atoms with Gasteiger partial charge in [-0.05, 0) is 24.3 Å². The summed E-state index contributed by atoms with van der Waals surface area (Å²) in [4.78, 5) is 0. The maximum Gasteiger partial charge on any atom is 0.161 e. The average molecular weight is 258 g/mol. The van der Waals surface area contributed by atoms with Gasteiger partial charge in [0.05, 0.1) is 6.10 Å². The zero-order valence-corrected chi connectivity index (χ0v) is 10.3. The second kappa shape index (κ2) is 4.92. The van der Waals surface area contributed by atoms with Gasteiger partial charge in [0.2, 0.25) is 0 Å². The van der Waals surface area contributed by atoms with Crippen molar-refractivity contribution >= 4 is 0 Å². The molecule has 0 aromatic heterocycles. The molecule has 1 fully saturated rings. The number of hydrogen-bond acceptors (Lipinski definition) is 1. The molecule has 0 amide bonds. The van der Waals surface area contributed by atoms with Gasteiger partial charge < -0.3 is 5.11 Å². The van der Waals surface area contributed by atoms with Crippen LogP contribution in [0.15, 0.2) is 12.1 Å². The van der Waals surface area contributed by atoms with E-state index in [9.17, 15) is 18.3 Å². The molecule has 0 saturated heterocycles. The number of aliphatic hydroxyl groups is 1. The van der Waals surface area contributed by atoms with Gasteiger partial charge >= 0.3 is 0 Å². The van der Waals surface area contributed by atoms with Crippen LogP contribution in [0.25, 0.3) is 0 Å². The summed E-state index contributed by atoms with van der Waals surface area (Å²) in [6.45, 7) is 1.87. The molecular formula is C14H17F3O. The summed E-state index contributed by atoms with van der Waals surface area (Å²) in [5.74, 6) is -3.23. The Morgan fingerprint density at radius 2 is 1.56 bits per heavy atom. The first-order valence-electron chi connectivity index (χ1n) is 6.26. The van der Waals surface area contributed by atoms with Crippen LogP contribution in [0, 0.1) is 22.9 Å². The largest absolute Gasteiger partial charge is 0.388 e. The molecule has 0 radical (unpaired) electrons. The standard InChI is InChI=1S/C14H17F3O/c1-14(5-3-2-4-6-14)13(18)9-7-11(16)12(17)8-10(9)15/h7-8,13,18H,2-6H2,1H3. The zero-order chi connectivity index (χ0) is 13.3. The van der Waals surface area contributed by atoms with Crippen LogP contribution >= 0.6 is 0 Å². The minimum atomic E-state index is -1.22. The van der Waals surface area contributed by atoms with Crippen LogP contribution in [-0.4, -0.2) is 5.11 Å². The third-order valence-corrected chi connectivity index (χ3v) is 3.99. The Labute approximate surface area is 105 Å². The van der Waals surface area contributed by atoms with Gasteiger partial charge in [-0.25, -0.2) is 13.2 Å². The molecule has 1 N–H and O–H groups in total. The van der Waals surface area contributed by atoms with E-state index in [4.69, 9.17) is 0 Å². The molecule has 1 saturated carbocycles. The molecule has 1 nitrogen and oxygen atoms in total.